The van der Waals surface area contributed by atoms with E-state index in [0.717, 1.165) is 12.1 Å². The van der Waals surface area contributed by atoms with E-state index >= 15 is 0 Å². The summed E-state index contributed by atoms with van der Waals surface area (Å²) in [4.78, 5) is 12.6. The molecule has 1 rings (SSSR count). The molecule has 0 aromatic heterocycles. The lowest BCUT2D eigenvalue weighted by molar-refractivity contribution is -0.137. The summed E-state index contributed by atoms with van der Waals surface area (Å²) in [5, 5.41) is 0. The monoisotopic (exact) mass is 259 g/mol. The van der Waals surface area contributed by atoms with Gasteiger partial charge in [0.25, 0.3) is 0 Å². The molecule has 0 atom stereocenters. The zero-order chi connectivity index (χ0) is 13.9. The minimum Gasteiger partial charge on any atom is -0.398 e. The largest absolute Gasteiger partial charge is 0.418 e. The number of carbonyl (C=O) groups excluding carboxylic acids is 1. The second-order valence-electron chi connectivity index (χ2n) is 3.79. The van der Waals surface area contributed by atoms with Gasteiger partial charge in [-0.25, -0.2) is 0 Å². The molecule has 1 amide bonds. The van der Waals surface area contributed by atoms with Gasteiger partial charge in [0.1, 0.15) is 0 Å². The van der Waals surface area contributed by atoms with E-state index in [0.29, 0.717) is 6.42 Å². The van der Waals surface area contributed by atoms with Crippen LogP contribution in [0.3, 0.4) is 0 Å². The summed E-state index contributed by atoms with van der Waals surface area (Å²) in [7, 11) is 0. The van der Waals surface area contributed by atoms with E-state index < -0.39 is 11.7 Å². The van der Waals surface area contributed by atoms with Crippen molar-refractivity contribution in [3.8, 4) is 0 Å². The SMILES string of the molecule is [CH2]CCN(C(C)=O)c1ccc(N)c(C(F)(F)F)c1. The van der Waals surface area contributed by atoms with E-state index in [1.165, 1.54) is 17.9 Å². The van der Waals surface area contributed by atoms with Gasteiger partial charge in [-0.3, -0.25) is 4.79 Å². The van der Waals surface area contributed by atoms with Crippen molar-refractivity contribution in [1.29, 1.82) is 0 Å². The zero-order valence-corrected chi connectivity index (χ0v) is 9.92. The van der Waals surface area contributed by atoms with Gasteiger partial charge in [-0.1, -0.05) is 6.92 Å². The molecule has 0 heterocycles. The van der Waals surface area contributed by atoms with E-state index in [4.69, 9.17) is 5.73 Å². The molecule has 1 radical (unpaired) electrons. The van der Waals surface area contributed by atoms with Crippen LogP contribution in [-0.4, -0.2) is 12.5 Å². The molecule has 2 N–H and O–H groups in total. The quantitative estimate of drug-likeness (QED) is 0.848. The van der Waals surface area contributed by atoms with E-state index in [2.05, 4.69) is 6.92 Å². The van der Waals surface area contributed by atoms with E-state index in [1.54, 1.807) is 0 Å². The molecule has 1 aromatic rings. The first kappa shape index (κ1) is 14.3. The summed E-state index contributed by atoms with van der Waals surface area (Å²) < 4.78 is 38.0. The van der Waals surface area contributed by atoms with Gasteiger partial charge >= 0.3 is 6.18 Å². The van der Waals surface area contributed by atoms with Gasteiger partial charge in [-0.15, -0.1) is 0 Å². The van der Waals surface area contributed by atoms with Crippen molar-refractivity contribution in [3.05, 3.63) is 30.7 Å². The van der Waals surface area contributed by atoms with Crippen LogP contribution in [0.2, 0.25) is 0 Å². The Kier molecular flexibility index (Phi) is 4.21. The Hall–Kier alpha value is -1.72. The van der Waals surface area contributed by atoms with Gasteiger partial charge in [0.2, 0.25) is 5.91 Å². The van der Waals surface area contributed by atoms with Crippen LogP contribution in [0, 0.1) is 6.92 Å². The Bertz CT molecular complexity index is 443. The molecule has 3 nitrogen and oxygen atoms in total. The Morgan fingerprint density at radius 2 is 2.06 bits per heavy atom. The van der Waals surface area contributed by atoms with Crippen molar-refractivity contribution in [2.45, 2.75) is 19.5 Å². The third kappa shape index (κ3) is 3.15. The molecule has 6 heteroatoms. The van der Waals surface area contributed by atoms with Crippen molar-refractivity contribution >= 4 is 17.3 Å². The number of rotatable bonds is 3. The minimum absolute atomic E-state index is 0.174. The van der Waals surface area contributed by atoms with Crippen molar-refractivity contribution in [2.75, 3.05) is 17.2 Å². The molecule has 0 aliphatic heterocycles. The third-order valence-electron chi connectivity index (χ3n) is 2.42. The lowest BCUT2D eigenvalue weighted by Crippen LogP contribution is -2.29. The number of amides is 1. The average molecular weight is 259 g/mol. The summed E-state index contributed by atoms with van der Waals surface area (Å²) in [5.74, 6) is -0.337. The smallest absolute Gasteiger partial charge is 0.398 e. The highest BCUT2D eigenvalue weighted by Crippen LogP contribution is 2.35. The van der Waals surface area contributed by atoms with E-state index in [-0.39, 0.29) is 23.8 Å². The second kappa shape index (κ2) is 5.29. The number of nitrogens with two attached hydrogens (primary N) is 1. The number of benzene rings is 1. The maximum Gasteiger partial charge on any atom is 0.418 e. The summed E-state index contributed by atoms with van der Waals surface area (Å²) in [6.07, 6.45) is -4.13. The Labute approximate surface area is 103 Å². The molecule has 0 spiro atoms. The summed E-state index contributed by atoms with van der Waals surface area (Å²) in [6, 6.07) is 3.42. The number of carbonyl (C=O) groups is 1. The van der Waals surface area contributed by atoms with Crippen molar-refractivity contribution in [3.63, 3.8) is 0 Å². The van der Waals surface area contributed by atoms with Gasteiger partial charge in [-0.05, 0) is 24.6 Å². The van der Waals surface area contributed by atoms with E-state index in [9.17, 15) is 18.0 Å². The molecular weight excluding hydrogens is 245 g/mol. The van der Waals surface area contributed by atoms with Gasteiger partial charge in [0, 0.05) is 24.8 Å². The predicted molar refractivity (Wildman–Crippen MR) is 63.9 cm³/mol. The molecule has 0 unspecified atom stereocenters. The van der Waals surface area contributed by atoms with Crippen molar-refractivity contribution < 1.29 is 18.0 Å². The zero-order valence-electron chi connectivity index (χ0n) is 9.92. The molecule has 18 heavy (non-hydrogen) atoms. The average Bonchev–Trinajstić information content (AvgIpc) is 2.25. The van der Waals surface area contributed by atoms with Crippen LogP contribution in [0.1, 0.15) is 18.9 Å². The summed E-state index contributed by atoms with van der Waals surface area (Å²) in [5.41, 5.74) is 4.17. The summed E-state index contributed by atoms with van der Waals surface area (Å²) in [6.45, 7) is 5.13. The van der Waals surface area contributed by atoms with Gasteiger partial charge in [0.05, 0.1) is 5.56 Å². The van der Waals surface area contributed by atoms with Crippen LogP contribution in [0.4, 0.5) is 24.5 Å². The second-order valence-corrected chi connectivity index (χ2v) is 3.79. The fourth-order valence-electron chi connectivity index (χ4n) is 1.58. The highest BCUT2D eigenvalue weighted by Gasteiger charge is 2.33. The molecule has 0 fully saturated rings. The first-order valence-corrected chi connectivity index (χ1v) is 5.31. The number of alkyl halides is 3. The molecule has 0 aliphatic carbocycles. The lowest BCUT2D eigenvalue weighted by atomic mass is 10.1. The van der Waals surface area contributed by atoms with Crippen LogP contribution >= 0.6 is 0 Å². The summed E-state index contributed by atoms with van der Waals surface area (Å²) >= 11 is 0. The highest BCUT2D eigenvalue weighted by molar-refractivity contribution is 5.91. The van der Waals surface area contributed by atoms with Crippen LogP contribution in [-0.2, 0) is 11.0 Å². The first-order valence-electron chi connectivity index (χ1n) is 5.31. The third-order valence-corrected chi connectivity index (χ3v) is 2.42. The molecular formula is C12H14F3N2O. The van der Waals surface area contributed by atoms with Gasteiger partial charge in [-0.2, -0.15) is 13.2 Å². The van der Waals surface area contributed by atoms with Crippen LogP contribution in [0.15, 0.2) is 18.2 Å². The fraction of sp³-hybridized carbons (Fsp3) is 0.333. The highest BCUT2D eigenvalue weighted by atomic mass is 19.4. The predicted octanol–water partition coefficient (Wildman–Crippen LogP) is 2.86. The number of hydrogen-bond acceptors (Lipinski definition) is 2. The lowest BCUT2D eigenvalue weighted by Gasteiger charge is -2.22. The Morgan fingerprint density at radius 3 is 2.50 bits per heavy atom. The molecule has 99 valence electrons. The molecule has 0 saturated carbocycles. The Balaban J connectivity index is 3.22. The van der Waals surface area contributed by atoms with Crippen LogP contribution < -0.4 is 10.6 Å². The number of nitrogens with zero attached hydrogens (tertiary/aromatic N) is 1. The number of hydrogen-bond donors (Lipinski definition) is 1. The molecule has 0 aliphatic rings. The van der Waals surface area contributed by atoms with Crippen LogP contribution in [0.5, 0.6) is 0 Å². The van der Waals surface area contributed by atoms with Gasteiger partial charge < -0.3 is 10.6 Å². The van der Waals surface area contributed by atoms with Crippen molar-refractivity contribution in [2.24, 2.45) is 0 Å². The normalized spacial score (nSPS) is 11.4. The van der Waals surface area contributed by atoms with Crippen LogP contribution in [0.25, 0.3) is 0 Å². The van der Waals surface area contributed by atoms with Gasteiger partial charge in [0.15, 0.2) is 0 Å². The minimum atomic E-state index is -4.53. The number of nitrogen functional groups attached to an aromatic ring is 1. The standard InChI is InChI=1S/C12H14F3N2O/c1-3-6-17(8(2)18)9-4-5-11(16)10(7-9)12(13,14)15/h4-5,7H,1,3,6,16H2,2H3. The molecule has 0 bridgehead atoms. The number of anilines is 2. The number of halogens is 3. The first-order chi connectivity index (χ1) is 8.27. The Morgan fingerprint density at radius 1 is 1.44 bits per heavy atom. The topological polar surface area (TPSA) is 46.3 Å². The molecule has 0 saturated heterocycles. The molecule has 1 aromatic carbocycles. The maximum atomic E-state index is 12.7. The van der Waals surface area contributed by atoms with E-state index in [1.807, 2.05) is 0 Å². The fourth-order valence-corrected chi connectivity index (χ4v) is 1.58. The maximum absolute atomic E-state index is 12.7. The van der Waals surface area contributed by atoms with Crippen molar-refractivity contribution in [1.82, 2.24) is 0 Å².